The highest BCUT2D eigenvalue weighted by molar-refractivity contribution is 5.78. The van der Waals surface area contributed by atoms with Gasteiger partial charge in [-0.1, -0.05) is 0 Å². The van der Waals surface area contributed by atoms with Crippen LogP contribution in [0.4, 0.5) is 0 Å². The third-order valence-corrected chi connectivity index (χ3v) is 1.82. The molecule has 0 aliphatic rings. The van der Waals surface area contributed by atoms with Gasteiger partial charge in [0.05, 0.1) is 0 Å². The fourth-order valence-electron chi connectivity index (χ4n) is 0.851. The van der Waals surface area contributed by atoms with E-state index < -0.39 is 24.1 Å². The lowest BCUT2D eigenvalue weighted by molar-refractivity contribution is -0.264. The Bertz CT molecular complexity index is 314. The molecule has 0 heterocycles. The average Bonchev–Trinajstić information content (AvgIpc) is 2.30. The first-order valence-corrected chi connectivity index (χ1v) is 5.25. The summed E-state index contributed by atoms with van der Waals surface area (Å²) in [5.74, 6) is -2.03. The van der Waals surface area contributed by atoms with Gasteiger partial charge in [-0.3, -0.25) is 4.99 Å². The summed E-state index contributed by atoms with van der Waals surface area (Å²) in [4.78, 5) is 33.9. The number of aliphatic imine (C=N–C) groups is 1. The topological polar surface area (TPSA) is 163 Å². The van der Waals surface area contributed by atoms with Crippen molar-refractivity contribution in [3.8, 4) is 0 Å². The Morgan fingerprint density at radius 1 is 1.28 bits per heavy atom. The maximum Gasteiger partial charge on any atom is 0.383 e. The van der Waals surface area contributed by atoms with Crippen LogP contribution in [0.3, 0.4) is 0 Å². The van der Waals surface area contributed by atoms with E-state index in [9.17, 15) is 9.59 Å². The fourth-order valence-corrected chi connectivity index (χ4v) is 0.851. The molecule has 0 saturated heterocycles. The summed E-state index contributed by atoms with van der Waals surface area (Å²) in [5.41, 5.74) is 15.7. The summed E-state index contributed by atoms with van der Waals surface area (Å²) in [5, 5.41) is 8.76. The first-order valence-electron chi connectivity index (χ1n) is 5.25. The van der Waals surface area contributed by atoms with Gasteiger partial charge in [-0.2, -0.15) is 0 Å². The largest absolute Gasteiger partial charge is 0.383 e. The molecule has 18 heavy (non-hydrogen) atoms. The van der Waals surface area contributed by atoms with Crippen molar-refractivity contribution in [3.05, 3.63) is 0 Å². The second kappa shape index (κ2) is 8.25. The lowest BCUT2D eigenvalue weighted by atomic mass is 10.2. The van der Waals surface area contributed by atoms with E-state index in [1.54, 1.807) is 0 Å². The molecule has 2 atom stereocenters. The summed E-state index contributed by atoms with van der Waals surface area (Å²) in [6.45, 7) is 1.50. The highest BCUT2D eigenvalue weighted by Gasteiger charge is 2.19. The molecule has 9 nitrogen and oxygen atoms in total. The van der Waals surface area contributed by atoms with Crippen LogP contribution in [0.15, 0.2) is 4.99 Å². The van der Waals surface area contributed by atoms with E-state index in [0.29, 0.717) is 13.0 Å². The number of nitrogens with two attached hydrogens (primary N) is 3. The number of carbonyl (C=O) groups excluding carboxylic acids is 2. The summed E-state index contributed by atoms with van der Waals surface area (Å²) < 4.78 is 0. The summed E-state index contributed by atoms with van der Waals surface area (Å²) >= 11 is 0. The van der Waals surface area contributed by atoms with Crippen molar-refractivity contribution in [2.75, 3.05) is 6.54 Å². The molecule has 9 heteroatoms. The van der Waals surface area contributed by atoms with Crippen molar-refractivity contribution >= 4 is 17.9 Å². The molecule has 0 amide bonds. The smallest absolute Gasteiger partial charge is 0.382 e. The van der Waals surface area contributed by atoms with E-state index in [1.807, 2.05) is 0 Å². The third kappa shape index (κ3) is 7.41. The maximum absolute atomic E-state index is 11.2. The van der Waals surface area contributed by atoms with Crippen molar-refractivity contribution < 1.29 is 24.5 Å². The lowest BCUT2D eigenvalue weighted by Crippen LogP contribution is -2.34. The molecule has 0 aliphatic carbocycles. The van der Waals surface area contributed by atoms with Crippen LogP contribution >= 0.6 is 0 Å². The van der Waals surface area contributed by atoms with Crippen LogP contribution in [-0.2, 0) is 19.4 Å². The Balaban J connectivity index is 3.83. The predicted molar refractivity (Wildman–Crippen MR) is 61.8 cm³/mol. The Morgan fingerprint density at radius 3 is 2.33 bits per heavy atom. The van der Waals surface area contributed by atoms with Crippen molar-refractivity contribution in [2.24, 2.45) is 22.2 Å². The van der Waals surface area contributed by atoms with Gasteiger partial charge in [0.1, 0.15) is 6.04 Å². The molecule has 0 aromatic heterocycles. The number of rotatable bonds is 6. The van der Waals surface area contributed by atoms with Crippen LogP contribution < -0.4 is 17.2 Å². The number of guanidine groups is 1. The van der Waals surface area contributed by atoms with Gasteiger partial charge in [-0.15, -0.1) is 0 Å². The van der Waals surface area contributed by atoms with Crippen LogP contribution in [0.25, 0.3) is 0 Å². The first kappa shape index (κ1) is 16.1. The van der Waals surface area contributed by atoms with E-state index in [0.717, 1.165) is 0 Å². The number of hydrogen-bond donors (Lipinski definition) is 4. The van der Waals surface area contributed by atoms with Crippen LogP contribution in [-0.4, -0.2) is 41.7 Å². The minimum absolute atomic E-state index is 0.0444. The molecule has 0 bridgehead atoms. The highest BCUT2D eigenvalue weighted by Crippen LogP contribution is 1.99. The van der Waals surface area contributed by atoms with E-state index >= 15 is 0 Å². The number of hydrogen-bond acceptors (Lipinski definition) is 7. The van der Waals surface area contributed by atoms with Gasteiger partial charge < -0.3 is 22.3 Å². The molecule has 0 rings (SSSR count). The Morgan fingerprint density at radius 2 is 1.83 bits per heavy atom. The van der Waals surface area contributed by atoms with Crippen LogP contribution in [0, 0.1) is 0 Å². The normalized spacial score (nSPS) is 13.3. The van der Waals surface area contributed by atoms with E-state index in [1.165, 1.54) is 6.92 Å². The van der Waals surface area contributed by atoms with Gasteiger partial charge in [-0.25, -0.2) is 19.4 Å². The van der Waals surface area contributed by atoms with Crippen LogP contribution in [0.5, 0.6) is 0 Å². The fraction of sp³-hybridized carbons (Fsp3) is 0.667. The van der Waals surface area contributed by atoms with Gasteiger partial charge in [0, 0.05) is 6.54 Å². The van der Waals surface area contributed by atoms with Crippen molar-refractivity contribution in [3.63, 3.8) is 0 Å². The zero-order valence-electron chi connectivity index (χ0n) is 10.0. The SMILES string of the molecule is CC(O)C(=O)OOC(=O)C(N)CCCN=C(N)N. The minimum Gasteiger partial charge on any atom is -0.382 e. The molecule has 0 fully saturated rings. The second-order valence-corrected chi connectivity index (χ2v) is 3.54. The first-order chi connectivity index (χ1) is 8.34. The quantitative estimate of drug-likeness (QED) is 0.137. The summed E-state index contributed by atoms with van der Waals surface area (Å²) in [6.07, 6.45) is -0.642. The van der Waals surface area contributed by atoms with Gasteiger partial charge >= 0.3 is 11.9 Å². The zero-order chi connectivity index (χ0) is 14.1. The number of aliphatic hydroxyl groups is 1. The monoisotopic (exact) mass is 262 g/mol. The lowest BCUT2D eigenvalue weighted by Gasteiger charge is -2.09. The molecule has 104 valence electrons. The van der Waals surface area contributed by atoms with Crippen LogP contribution in [0.1, 0.15) is 19.8 Å². The third-order valence-electron chi connectivity index (χ3n) is 1.82. The summed E-state index contributed by atoms with van der Waals surface area (Å²) in [6, 6.07) is -0.957. The standard InChI is InChI=1S/C9H18N4O5/c1-5(14)7(15)17-18-8(16)6(10)3-2-4-13-9(11)12/h5-6,14H,2-4,10H2,1H3,(H4,11,12,13). The Hall–Kier alpha value is -1.87. The molecule has 7 N–H and O–H groups in total. The molecule has 0 saturated carbocycles. The molecule has 0 aromatic rings. The molecule has 0 aromatic carbocycles. The number of carbonyl (C=O) groups is 2. The minimum atomic E-state index is -1.38. The maximum atomic E-state index is 11.2. The van der Waals surface area contributed by atoms with Gasteiger partial charge in [0.2, 0.25) is 0 Å². The zero-order valence-corrected chi connectivity index (χ0v) is 10.0. The molecule has 0 spiro atoms. The molecule has 0 radical (unpaired) electrons. The summed E-state index contributed by atoms with van der Waals surface area (Å²) in [7, 11) is 0. The van der Waals surface area contributed by atoms with Crippen molar-refractivity contribution in [1.82, 2.24) is 0 Å². The van der Waals surface area contributed by atoms with Crippen LogP contribution in [0.2, 0.25) is 0 Å². The molecular weight excluding hydrogens is 244 g/mol. The molecule has 0 aliphatic heterocycles. The Kier molecular flexibility index (Phi) is 7.40. The molecular formula is C9H18N4O5. The van der Waals surface area contributed by atoms with Crippen molar-refractivity contribution in [1.29, 1.82) is 0 Å². The van der Waals surface area contributed by atoms with E-state index in [-0.39, 0.29) is 12.4 Å². The molecule has 2 unspecified atom stereocenters. The van der Waals surface area contributed by atoms with Gasteiger partial charge in [0.15, 0.2) is 12.1 Å². The number of nitrogens with zero attached hydrogens (tertiary/aromatic N) is 1. The van der Waals surface area contributed by atoms with E-state index in [2.05, 4.69) is 14.8 Å². The van der Waals surface area contributed by atoms with Gasteiger partial charge in [0.25, 0.3) is 0 Å². The van der Waals surface area contributed by atoms with Crippen molar-refractivity contribution in [2.45, 2.75) is 31.9 Å². The van der Waals surface area contributed by atoms with E-state index in [4.69, 9.17) is 22.3 Å². The Labute approximate surface area is 104 Å². The predicted octanol–water partition coefficient (Wildman–Crippen LogP) is -2.25. The van der Waals surface area contributed by atoms with Gasteiger partial charge in [-0.05, 0) is 19.8 Å². The highest BCUT2D eigenvalue weighted by atomic mass is 17.2. The second-order valence-electron chi connectivity index (χ2n) is 3.54. The average molecular weight is 262 g/mol. The number of aliphatic hydroxyl groups excluding tert-OH is 1.